The van der Waals surface area contributed by atoms with Gasteiger partial charge in [-0.1, -0.05) is 19.0 Å². The van der Waals surface area contributed by atoms with E-state index in [4.69, 9.17) is 9.61 Å². The topological polar surface area (TPSA) is 127 Å². The number of carbonyl (C=O) groups is 2. The SMILES string of the molecule is CC(C)c1nonc1C(=O)N[C@H](c1cn2ncc([C@H](NC(=O)CC3C[C@]4(F)C[C@H]3C4)C3CC3)cc2n1)C1CCC(F)(F)CC1. The van der Waals surface area contributed by atoms with Gasteiger partial charge in [-0.15, -0.1) is 0 Å². The van der Waals surface area contributed by atoms with Crippen LogP contribution in [0.4, 0.5) is 13.2 Å². The van der Waals surface area contributed by atoms with E-state index in [0.717, 1.165) is 18.4 Å². The van der Waals surface area contributed by atoms with E-state index in [1.165, 1.54) is 0 Å². The summed E-state index contributed by atoms with van der Waals surface area (Å²) in [5.41, 5.74) is 1.29. The first-order valence-electron chi connectivity index (χ1n) is 15.8. The van der Waals surface area contributed by atoms with Crippen LogP contribution in [0.15, 0.2) is 23.1 Å². The highest BCUT2D eigenvalue weighted by Crippen LogP contribution is 2.59. The molecule has 3 atom stereocenters. The zero-order chi connectivity index (χ0) is 30.8. The lowest BCUT2D eigenvalue weighted by atomic mass is 9.80. The molecule has 5 fully saturated rings. The predicted molar refractivity (Wildman–Crippen MR) is 151 cm³/mol. The molecule has 2 bridgehead atoms. The van der Waals surface area contributed by atoms with Crippen molar-refractivity contribution in [3.63, 3.8) is 0 Å². The number of aromatic nitrogens is 5. The summed E-state index contributed by atoms with van der Waals surface area (Å²) in [6, 6.07) is 1.01. The van der Waals surface area contributed by atoms with Crippen molar-refractivity contribution in [2.24, 2.45) is 23.7 Å². The second kappa shape index (κ2) is 10.8. The third-order valence-corrected chi connectivity index (χ3v) is 10.2. The average Bonchev–Trinajstić information content (AvgIpc) is 3.27. The van der Waals surface area contributed by atoms with Crippen molar-refractivity contribution < 1.29 is 27.4 Å². The van der Waals surface area contributed by atoms with Gasteiger partial charge in [-0.3, -0.25) is 9.59 Å². The van der Waals surface area contributed by atoms with E-state index in [1.807, 2.05) is 19.9 Å². The molecule has 0 spiro atoms. The van der Waals surface area contributed by atoms with E-state index in [-0.39, 0.29) is 61.1 Å². The fourth-order valence-electron chi connectivity index (χ4n) is 7.63. The second-order valence-corrected chi connectivity index (χ2v) is 13.9. The number of rotatable bonds is 10. The molecule has 2 amide bonds. The molecule has 44 heavy (non-hydrogen) atoms. The number of halogens is 3. The van der Waals surface area contributed by atoms with Gasteiger partial charge in [0.15, 0.2) is 11.3 Å². The van der Waals surface area contributed by atoms with Crippen LogP contribution in [-0.4, -0.2) is 48.3 Å². The molecular weight excluding hydrogens is 575 g/mol. The van der Waals surface area contributed by atoms with Gasteiger partial charge in [-0.05, 0) is 85.4 Å². The predicted octanol–water partition coefficient (Wildman–Crippen LogP) is 5.63. The van der Waals surface area contributed by atoms with Crippen molar-refractivity contribution in [1.82, 2.24) is 35.5 Å². The summed E-state index contributed by atoms with van der Waals surface area (Å²) in [5, 5.41) is 18.4. The number of imidazole rings is 1. The van der Waals surface area contributed by atoms with Gasteiger partial charge >= 0.3 is 0 Å². The van der Waals surface area contributed by atoms with Crippen molar-refractivity contribution in [2.45, 2.75) is 108 Å². The molecule has 5 aliphatic carbocycles. The number of hydrogen-bond acceptors (Lipinski definition) is 7. The first kappa shape index (κ1) is 29.2. The molecule has 1 unspecified atom stereocenters. The number of alkyl halides is 3. The summed E-state index contributed by atoms with van der Waals surface area (Å²) >= 11 is 0. The molecule has 0 radical (unpaired) electrons. The van der Waals surface area contributed by atoms with Gasteiger partial charge in [-0.2, -0.15) is 5.10 Å². The lowest BCUT2D eigenvalue weighted by molar-refractivity contribution is -0.123. The van der Waals surface area contributed by atoms with Crippen LogP contribution in [0, 0.1) is 23.7 Å². The number of hydrogen-bond donors (Lipinski definition) is 2. The molecule has 5 saturated carbocycles. The molecule has 10 nitrogen and oxygen atoms in total. The largest absolute Gasteiger partial charge is 0.349 e. The fourth-order valence-corrected chi connectivity index (χ4v) is 7.63. The van der Waals surface area contributed by atoms with E-state index < -0.39 is 23.5 Å². The monoisotopic (exact) mass is 613 g/mol. The number of nitrogens with one attached hydrogen (secondary N) is 2. The molecule has 0 aliphatic heterocycles. The van der Waals surface area contributed by atoms with E-state index in [9.17, 15) is 22.8 Å². The van der Waals surface area contributed by atoms with Crippen molar-refractivity contribution in [3.05, 3.63) is 41.1 Å². The van der Waals surface area contributed by atoms with Crippen molar-refractivity contribution in [2.75, 3.05) is 0 Å². The Kier molecular flexibility index (Phi) is 7.19. The Morgan fingerprint density at radius 1 is 1.02 bits per heavy atom. The summed E-state index contributed by atoms with van der Waals surface area (Å²) in [6.07, 6.45) is 7.31. The van der Waals surface area contributed by atoms with Gasteiger partial charge in [0.05, 0.1) is 30.2 Å². The highest BCUT2D eigenvalue weighted by Gasteiger charge is 2.57. The Balaban J connectivity index is 1.12. The first-order valence-corrected chi connectivity index (χ1v) is 15.8. The lowest BCUT2D eigenvalue weighted by Crippen LogP contribution is -2.37. The molecule has 0 aromatic carbocycles. The van der Waals surface area contributed by atoms with Gasteiger partial charge in [0.25, 0.3) is 5.91 Å². The van der Waals surface area contributed by atoms with E-state index in [2.05, 4.69) is 26.0 Å². The van der Waals surface area contributed by atoms with E-state index in [1.54, 1.807) is 16.9 Å². The average molecular weight is 614 g/mol. The smallest absolute Gasteiger partial charge is 0.276 e. The van der Waals surface area contributed by atoms with Crippen LogP contribution in [0.1, 0.15) is 123 Å². The normalized spacial score (nSPS) is 27.7. The van der Waals surface area contributed by atoms with Crippen LogP contribution in [0.2, 0.25) is 0 Å². The second-order valence-electron chi connectivity index (χ2n) is 13.9. The number of fused-ring (bicyclic) bond motifs is 2. The minimum atomic E-state index is -2.73. The Morgan fingerprint density at radius 3 is 2.41 bits per heavy atom. The van der Waals surface area contributed by atoms with Crippen molar-refractivity contribution in [1.29, 1.82) is 0 Å². The summed E-state index contributed by atoms with van der Waals surface area (Å²) in [4.78, 5) is 31.2. The minimum Gasteiger partial charge on any atom is -0.349 e. The highest BCUT2D eigenvalue weighted by molar-refractivity contribution is 5.93. The molecule has 8 rings (SSSR count). The number of nitrogens with zero attached hydrogens (tertiary/aromatic N) is 5. The molecule has 3 aromatic rings. The zero-order valence-corrected chi connectivity index (χ0v) is 24.9. The standard InChI is InChI=1S/C31H38F3N7O3/c1-16(2)25-28(40-44-39-25)29(43)38-27(18-5-7-31(33,34)8-6-18)22-15-41-23(36-22)9-20(14-35-41)26(17-3-4-17)37-24(42)10-19-11-30(32)12-21(19)13-30/h9,14-19,21,26-27H,3-8,10-13H2,1-2H3,(H,37,42)(H,38,43)/t19?,21-,26-,27+,30-/m1/s1. The Hall–Kier alpha value is -3.51. The van der Waals surface area contributed by atoms with Crippen LogP contribution < -0.4 is 10.6 Å². The number of carbonyl (C=O) groups excluding carboxylic acids is 2. The van der Waals surface area contributed by atoms with Gasteiger partial charge < -0.3 is 10.6 Å². The molecule has 3 aromatic heterocycles. The van der Waals surface area contributed by atoms with Crippen LogP contribution in [0.25, 0.3) is 5.65 Å². The molecule has 236 valence electrons. The maximum atomic E-state index is 14.4. The van der Waals surface area contributed by atoms with Crippen molar-refractivity contribution in [3.8, 4) is 0 Å². The summed E-state index contributed by atoms with van der Waals surface area (Å²) in [6.45, 7) is 3.74. The maximum Gasteiger partial charge on any atom is 0.276 e. The van der Waals surface area contributed by atoms with Crippen LogP contribution >= 0.6 is 0 Å². The molecule has 0 saturated heterocycles. The van der Waals surface area contributed by atoms with Gasteiger partial charge in [0.2, 0.25) is 11.8 Å². The molecular formula is C31H38F3N7O3. The highest BCUT2D eigenvalue weighted by atomic mass is 19.3. The van der Waals surface area contributed by atoms with Crippen LogP contribution in [0.5, 0.6) is 0 Å². The molecule has 2 N–H and O–H groups in total. The molecule has 13 heteroatoms. The van der Waals surface area contributed by atoms with Gasteiger partial charge in [0, 0.05) is 25.2 Å². The zero-order valence-electron chi connectivity index (χ0n) is 24.9. The summed E-state index contributed by atoms with van der Waals surface area (Å²) < 4.78 is 49.0. The third kappa shape index (κ3) is 5.69. The van der Waals surface area contributed by atoms with Crippen molar-refractivity contribution >= 4 is 17.5 Å². The van der Waals surface area contributed by atoms with Crippen LogP contribution in [0.3, 0.4) is 0 Å². The quantitative estimate of drug-likeness (QED) is 0.304. The number of amides is 2. The Labute approximate surface area is 252 Å². The lowest BCUT2D eigenvalue weighted by Gasteiger charge is -2.33. The minimum absolute atomic E-state index is 0.0630. The van der Waals surface area contributed by atoms with Crippen LogP contribution in [-0.2, 0) is 4.79 Å². The Bertz CT molecular complexity index is 1550. The fraction of sp³-hybridized carbons (Fsp3) is 0.677. The van der Waals surface area contributed by atoms with Gasteiger partial charge in [0.1, 0.15) is 11.4 Å². The molecule has 5 aliphatic rings. The third-order valence-electron chi connectivity index (χ3n) is 10.2. The summed E-state index contributed by atoms with van der Waals surface area (Å²) in [5.74, 6) is -2.95. The first-order chi connectivity index (χ1) is 21.0. The Morgan fingerprint density at radius 2 is 1.75 bits per heavy atom. The van der Waals surface area contributed by atoms with E-state index in [0.29, 0.717) is 54.6 Å². The van der Waals surface area contributed by atoms with Gasteiger partial charge in [-0.25, -0.2) is 27.3 Å². The summed E-state index contributed by atoms with van der Waals surface area (Å²) in [7, 11) is 0. The molecule has 3 heterocycles. The maximum absolute atomic E-state index is 14.4. The van der Waals surface area contributed by atoms with E-state index >= 15 is 0 Å².